The monoisotopic (exact) mass is 203 g/mol. The number of hydrogen-bond donors (Lipinski definition) is 1. The number of hydrogen-bond acceptors (Lipinski definition) is 2. The highest BCUT2D eigenvalue weighted by Gasteiger charge is 2.00. The standard InChI is InChI=1S/C12H13NO2/c1-2-12(15)13-11(9-14)8-10-6-4-3-5-7-10/h3-9H,2H2,1H3,(H,13,15). The molecule has 0 saturated heterocycles. The van der Waals surface area contributed by atoms with E-state index in [1.807, 2.05) is 30.3 Å². The molecule has 78 valence electrons. The molecule has 0 atom stereocenters. The minimum atomic E-state index is -0.163. The smallest absolute Gasteiger partial charge is 0.224 e. The van der Waals surface area contributed by atoms with Gasteiger partial charge in [-0.05, 0) is 11.6 Å². The third-order valence-corrected chi connectivity index (χ3v) is 1.85. The molecule has 3 heteroatoms. The van der Waals surface area contributed by atoms with Gasteiger partial charge < -0.3 is 5.32 Å². The van der Waals surface area contributed by atoms with Gasteiger partial charge in [-0.25, -0.2) is 0 Å². The van der Waals surface area contributed by atoms with Crippen LogP contribution in [0.1, 0.15) is 18.9 Å². The van der Waals surface area contributed by atoms with Crippen LogP contribution in [-0.2, 0) is 9.59 Å². The second-order valence-electron chi connectivity index (χ2n) is 3.03. The summed E-state index contributed by atoms with van der Waals surface area (Å²) in [6, 6.07) is 9.36. The minimum Gasteiger partial charge on any atom is -0.323 e. The van der Waals surface area contributed by atoms with Gasteiger partial charge in [0.05, 0.1) is 5.70 Å². The van der Waals surface area contributed by atoms with Crippen molar-refractivity contribution in [1.29, 1.82) is 0 Å². The summed E-state index contributed by atoms with van der Waals surface area (Å²) in [5.41, 5.74) is 1.17. The Morgan fingerprint density at radius 3 is 2.53 bits per heavy atom. The summed E-state index contributed by atoms with van der Waals surface area (Å²) in [5, 5.41) is 2.52. The quantitative estimate of drug-likeness (QED) is 0.598. The fourth-order valence-corrected chi connectivity index (χ4v) is 1.08. The van der Waals surface area contributed by atoms with Crippen molar-refractivity contribution in [1.82, 2.24) is 5.32 Å². The molecule has 0 radical (unpaired) electrons. The zero-order valence-corrected chi connectivity index (χ0v) is 8.57. The molecule has 0 aromatic heterocycles. The largest absolute Gasteiger partial charge is 0.323 e. The second-order valence-corrected chi connectivity index (χ2v) is 3.03. The summed E-state index contributed by atoms with van der Waals surface area (Å²) in [7, 11) is 0. The highest BCUT2D eigenvalue weighted by molar-refractivity contribution is 5.89. The Morgan fingerprint density at radius 1 is 1.33 bits per heavy atom. The zero-order chi connectivity index (χ0) is 11.1. The van der Waals surface area contributed by atoms with E-state index in [2.05, 4.69) is 5.32 Å². The van der Waals surface area contributed by atoms with Crippen LogP contribution >= 0.6 is 0 Å². The van der Waals surface area contributed by atoms with Crippen LogP contribution in [-0.4, -0.2) is 12.2 Å². The lowest BCUT2D eigenvalue weighted by Crippen LogP contribution is -2.22. The predicted octanol–water partition coefficient (Wildman–Crippen LogP) is 1.75. The predicted molar refractivity (Wildman–Crippen MR) is 58.9 cm³/mol. The highest BCUT2D eigenvalue weighted by atomic mass is 16.2. The molecule has 15 heavy (non-hydrogen) atoms. The lowest BCUT2D eigenvalue weighted by molar-refractivity contribution is -0.121. The molecule has 0 fully saturated rings. The van der Waals surface area contributed by atoms with E-state index >= 15 is 0 Å². The van der Waals surface area contributed by atoms with Gasteiger partial charge in [0, 0.05) is 6.42 Å². The summed E-state index contributed by atoms with van der Waals surface area (Å²) >= 11 is 0. The Labute approximate surface area is 88.8 Å². The van der Waals surface area contributed by atoms with Crippen molar-refractivity contribution < 1.29 is 9.59 Å². The molecule has 1 rings (SSSR count). The summed E-state index contributed by atoms with van der Waals surface area (Å²) in [5.74, 6) is -0.163. The molecule has 0 unspecified atom stereocenters. The van der Waals surface area contributed by atoms with Gasteiger partial charge in [0.25, 0.3) is 0 Å². The van der Waals surface area contributed by atoms with Crippen LogP contribution < -0.4 is 5.32 Å². The highest BCUT2D eigenvalue weighted by Crippen LogP contribution is 2.03. The Kier molecular flexibility index (Phi) is 4.29. The van der Waals surface area contributed by atoms with Crippen molar-refractivity contribution in [3.8, 4) is 0 Å². The van der Waals surface area contributed by atoms with E-state index in [0.717, 1.165) is 5.56 Å². The van der Waals surface area contributed by atoms with Crippen LogP contribution in [0.4, 0.5) is 0 Å². The molecule has 1 aromatic rings. The number of benzene rings is 1. The zero-order valence-electron chi connectivity index (χ0n) is 8.57. The van der Waals surface area contributed by atoms with E-state index in [1.54, 1.807) is 13.0 Å². The number of carbonyl (C=O) groups is 2. The topological polar surface area (TPSA) is 46.2 Å². The fourth-order valence-electron chi connectivity index (χ4n) is 1.08. The number of rotatable bonds is 4. The maximum atomic E-state index is 11.1. The SMILES string of the molecule is CCC(=O)NC(C=O)=Cc1ccccc1. The van der Waals surface area contributed by atoms with Crippen molar-refractivity contribution in [2.24, 2.45) is 0 Å². The Morgan fingerprint density at radius 2 is 2.00 bits per heavy atom. The number of amides is 1. The van der Waals surface area contributed by atoms with Gasteiger partial charge in [-0.2, -0.15) is 0 Å². The van der Waals surface area contributed by atoms with Crippen LogP contribution in [0, 0.1) is 0 Å². The number of nitrogens with one attached hydrogen (secondary N) is 1. The first-order valence-corrected chi connectivity index (χ1v) is 4.78. The van der Waals surface area contributed by atoms with Gasteiger partial charge in [0.2, 0.25) is 5.91 Å². The van der Waals surface area contributed by atoms with Gasteiger partial charge in [-0.3, -0.25) is 9.59 Å². The molecule has 0 bridgehead atoms. The summed E-state index contributed by atoms with van der Waals surface area (Å²) in [4.78, 5) is 21.7. The first kappa shape index (κ1) is 11.2. The second kappa shape index (κ2) is 5.75. The first-order valence-electron chi connectivity index (χ1n) is 4.78. The fraction of sp³-hybridized carbons (Fsp3) is 0.167. The van der Waals surface area contributed by atoms with Crippen LogP contribution in [0.3, 0.4) is 0 Å². The number of allylic oxidation sites excluding steroid dienone is 1. The van der Waals surface area contributed by atoms with Gasteiger partial charge >= 0.3 is 0 Å². The summed E-state index contributed by atoms with van der Waals surface area (Å²) in [6.07, 6.45) is 2.64. The van der Waals surface area contributed by atoms with Gasteiger partial charge in [0.1, 0.15) is 0 Å². The molecular formula is C12H13NO2. The van der Waals surface area contributed by atoms with Crippen LogP contribution in [0.5, 0.6) is 0 Å². The Hall–Kier alpha value is -1.90. The molecule has 0 aliphatic rings. The molecule has 0 heterocycles. The van der Waals surface area contributed by atoms with Gasteiger partial charge in [-0.15, -0.1) is 0 Å². The van der Waals surface area contributed by atoms with Crippen molar-refractivity contribution in [2.45, 2.75) is 13.3 Å². The number of aldehydes is 1. The van der Waals surface area contributed by atoms with Crippen molar-refractivity contribution in [2.75, 3.05) is 0 Å². The molecule has 0 saturated carbocycles. The van der Waals surface area contributed by atoms with Crippen LogP contribution in [0.25, 0.3) is 6.08 Å². The van der Waals surface area contributed by atoms with E-state index in [1.165, 1.54) is 0 Å². The lowest BCUT2D eigenvalue weighted by atomic mass is 10.2. The maximum absolute atomic E-state index is 11.1. The average Bonchev–Trinajstić information content (AvgIpc) is 2.29. The third kappa shape index (κ3) is 3.77. The van der Waals surface area contributed by atoms with E-state index in [0.29, 0.717) is 12.7 Å². The average molecular weight is 203 g/mol. The molecule has 0 aliphatic carbocycles. The van der Waals surface area contributed by atoms with Crippen LogP contribution in [0.2, 0.25) is 0 Å². The third-order valence-electron chi connectivity index (χ3n) is 1.85. The van der Waals surface area contributed by atoms with E-state index in [9.17, 15) is 9.59 Å². The molecular weight excluding hydrogens is 190 g/mol. The first-order chi connectivity index (χ1) is 7.26. The molecule has 3 nitrogen and oxygen atoms in total. The maximum Gasteiger partial charge on any atom is 0.224 e. The van der Waals surface area contributed by atoms with Crippen molar-refractivity contribution >= 4 is 18.3 Å². The minimum absolute atomic E-state index is 0.163. The number of carbonyl (C=O) groups excluding carboxylic acids is 2. The van der Waals surface area contributed by atoms with E-state index in [-0.39, 0.29) is 11.6 Å². The van der Waals surface area contributed by atoms with Crippen molar-refractivity contribution in [3.63, 3.8) is 0 Å². The molecule has 1 amide bonds. The normalized spacial score (nSPS) is 10.9. The van der Waals surface area contributed by atoms with E-state index in [4.69, 9.17) is 0 Å². The Bertz CT molecular complexity index is 368. The molecule has 1 N–H and O–H groups in total. The molecule has 0 aliphatic heterocycles. The van der Waals surface area contributed by atoms with Gasteiger partial charge in [0.15, 0.2) is 6.29 Å². The Balaban J connectivity index is 2.79. The van der Waals surface area contributed by atoms with Crippen LogP contribution in [0.15, 0.2) is 36.0 Å². The molecule has 1 aromatic carbocycles. The molecule has 0 spiro atoms. The summed E-state index contributed by atoms with van der Waals surface area (Å²) < 4.78 is 0. The summed E-state index contributed by atoms with van der Waals surface area (Å²) in [6.45, 7) is 1.74. The lowest BCUT2D eigenvalue weighted by Gasteiger charge is -2.01. The van der Waals surface area contributed by atoms with Crippen molar-refractivity contribution in [3.05, 3.63) is 41.6 Å². The van der Waals surface area contributed by atoms with Gasteiger partial charge in [-0.1, -0.05) is 37.3 Å². The van der Waals surface area contributed by atoms with E-state index < -0.39 is 0 Å².